The SMILES string of the molecule is c1ccc(-n2c3ccccc3c3cc(-c4ccc5c6ccccc6n(-c6ccc(-c7cc8c9c(cccc9n7)-c7ccccc7-8)cc6)c5c4)ccc32)cc1. The standard InChI is InChI=1S/C51H31N3/c1-2-11-35(12-3-1)53-48-20-9-7-16-40(48)43-29-33(24-28-49(43)53)34-23-27-41-39-15-6-8-19-47(39)54(50(41)30-34)36-25-21-32(22-26-36)46-31-44-38-14-5-4-13-37(38)42-17-10-18-45(52-46)51(42)44/h1-31H. The van der Waals surface area contributed by atoms with Crippen molar-refractivity contribution in [3.8, 4) is 56.0 Å². The van der Waals surface area contributed by atoms with Gasteiger partial charge in [0.1, 0.15) is 0 Å². The zero-order chi connectivity index (χ0) is 35.3. The monoisotopic (exact) mass is 685 g/mol. The van der Waals surface area contributed by atoms with E-state index in [9.17, 15) is 0 Å². The van der Waals surface area contributed by atoms with Gasteiger partial charge in [-0.2, -0.15) is 0 Å². The second-order valence-electron chi connectivity index (χ2n) is 14.4. The minimum absolute atomic E-state index is 0.992. The van der Waals surface area contributed by atoms with Gasteiger partial charge in [0, 0.05) is 43.9 Å². The summed E-state index contributed by atoms with van der Waals surface area (Å²) in [6.45, 7) is 0. The third-order valence-electron chi connectivity index (χ3n) is 11.5. The predicted octanol–water partition coefficient (Wildman–Crippen LogP) is 13.4. The maximum Gasteiger partial charge on any atom is 0.0722 e. The molecule has 0 N–H and O–H groups in total. The van der Waals surface area contributed by atoms with Crippen molar-refractivity contribution in [2.75, 3.05) is 0 Å². The molecule has 0 bridgehead atoms. The van der Waals surface area contributed by atoms with Crippen molar-refractivity contribution in [2.45, 2.75) is 0 Å². The Morgan fingerprint density at radius 3 is 1.67 bits per heavy atom. The Hall–Kier alpha value is -7.23. The van der Waals surface area contributed by atoms with Gasteiger partial charge in [0.25, 0.3) is 0 Å². The van der Waals surface area contributed by atoms with Gasteiger partial charge >= 0.3 is 0 Å². The molecule has 11 aromatic rings. The Bertz CT molecular complexity index is 3310. The van der Waals surface area contributed by atoms with Crippen LogP contribution in [0.4, 0.5) is 0 Å². The minimum atomic E-state index is 0.992. The van der Waals surface area contributed by atoms with Crippen molar-refractivity contribution in [3.63, 3.8) is 0 Å². The van der Waals surface area contributed by atoms with Gasteiger partial charge in [-0.15, -0.1) is 0 Å². The van der Waals surface area contributed by atoms with Crippen molar-refractivity contribution >= 4 is 54.5 Å². The average molecular weight is 686 g/mol. The van der Waals surface area contributed by atoms with Crippen molar-refractivity contribution in [3.05, 3.63) is 188 Å². The lowest BCUT2D eigenvalue weighted by atomic mass is 10.0. The van der Waals surface area contributed by atoms with E-state index in [1.807, 2.05) is 0 Å². The molecule has 0 fully saturated rings. The van der Waals surface area contributed by atoms with Gasteiger partial charge in [0.05, 0.1) is 33.3 Å². The number of nitrogens with zero attached hydrogens (tertiary/aromatic N) is 3. The molecule has 0 atom stereocenters. The molecule has 0 saturated carbocycles. The number of aromatic nitrogens is 3. The van der Waals surface area contributed by atoms with Gasteiger partial charge in [-0.3, -0.25) is 0 Å². The lowest BCUT2D eigenvalue weighted by Crippen LogP contribution is -1.95. The second-order valence-corrected chi connectivity index (χ2v) is 14.4. The van der Waals surface area contributed by atoms with E-state index < -0.39 is 0 Å². The highest BCUT2D eigenvalue weighted by atomic mass is 15.0. The van der Waals surface area contributed by atoms with Crippen LogP contribution in [0.5, 0.6) is 0 Å². The number of pyridine rings is 1. The topological polar surface area (TPSA) is 22.8 Å². The molecule has 0 amide bonds. The Kier molecular flexibility index (Phi) is 6.05. The molecule has 250 valence electrons. The summed E-state index contributed by atoms with van der Waals surface area (Å²) in [5.74, 6) is 0. The Balaban J connectivity index is 0.993. The van der Waals surface area contributed by atoms with Gasteiger partial charge in [-0.1, -0.05) is 121 Å². The molecule has 8 aromatic carbocycles. The molecule has 3 heterocycles. The van der Waals surface area contributed by atoms with Crippen LogP contribution in [-0.4, -0.2) is 14.1 Å². The van der Waals surface area contributed by atoms with Crippen LogP contribution >= 0.6 is 0 Å². The normalized spacial score (nSPS) is 12.1. The van der Waals surface area contributed by atoms with E-state index in [1.165, 1.54) is 88.1 Å². The van der Waals surface area contributed by atoms with Crippen LogP contribution in [0.1, 0.15) is 0 Å². The quantitative estimate of drug-likeness (QED) is 0.181. The smallest absolute Gasteiger partial charge is 0.0722 e. The third-order valence-corrected chi connectivity index (χ3v) is 11.5. The minimum Gasteiger partial charge on any atom is -0.309 e. The highest BCUT2D eigenvalue weighted by Gasteiger charge is 2.23. The van der Waals surface area contributed by atoms with Crippen LogP contribution in [0.2, 0.25) is 0 Å². The maximum absolute atomic E-state index is 5.18. The molecule has 3 nitrogen and oxygen atoms in total. The number of fused-ring (bicyclic) bond motifs is 9. The van der Waals surface area contributed by atoms with E-state index in [1.54, 1.807) is 0 Å². The van der Waals surface area contributed by atoms with Gasteiger partial charge in [0.2, 0.25) is 0 Å². The van der Waals surface area contributed by atoms with Gasteiger partial charge < -0.3 is 9.13 Å². The molecule has 3 heteroatoms. The van der Waals surface area contributed by atoms with E-state index in [-0.39, 0.29) is 0 Å². The third kappa shape index (κ3) is 4.15. The van der Waals surface area contributed by atoms with Crippen LogP contribution in [0.3, 0.4) is 0 Å². The predicted molar refractivity (Wildman–Crippen MR) is 226 cm³/mol. The average Bonchev–Trinajstić information content (AvgIpc) is 3.87. The zero-order valence-corrected chi connectivity index (χ0v) is 29.2. The molecule has 1 aliphatic carbocycles. The highest BCUT2D eigenvalue weighted by Crippen LogP contribution is 2.48. The summed E-state index contributed by atoms with van der Waals surface area (Å²) in [6.07, 6.45) is 0. The summed E-state index contributed by atoms with van der Waals surface area (Å²) in [4.78, 5) is 5.18. The molecule has 0 spiro atoms. The molecule has 0 radical (unpaired) electrons. The van der Waals surface area contributed by atoms with E-state index in [0.717, 1.165) is 22.5 Å². The summed E-state index contributed by atoms with van der Waals surface area (Å²) >= 11 is 0. The lowest BCUT2D eigenvalue weighted by Gasteiger charge is -2.11. The second kappa shape index (κ2) is 11.1. The van der Waals surface area contributed by atoms with Crippen LogP contribution in [0.25, 0.3) is 111 Å². The Labute approximate surface area is 311 Å². The molecule has 0 unspecified atom stereocenters. The Morgan fingerprint density at radius 2 is 0.870 bits per heavy atom. The first kappa shape index (κ1) is 29.4. The fraction of sp³-hybridized carbons (Fsp3) is 0. The van der Waals surface area contributed by atoms with Crippen molar-refractivity contribution in [1.82, 2.24) is 14.1 Å². The van der Waals surface area contributed by atoms with Crippen LogP contribution in [-0.2, 0) is 0 Å². The molecule has 1 aliphatic rings. The molecular formula is C51H31N3. The zero-order valence-electron chi connectivity index (χ0n) is 29.2. The number of rotatable bonds is 4. The maximum atomic E-state index is 5.18. The van der Waals surface area contributed by atoms with Crippen molar-refractivity contribution in [1.29, 1.82) is 0 Å². The highest BCUT2D eigenvalue weighted by molar-refractivity contribution is 6.15. The van der Waals surface area contributed by atoms with Crippen LogP contribution in [0, 0.1) is 0 Å². The number of hydrogen-bond donors (Lipinski definition) is 0. The van der Waals surface area contributed by atoms with Crippen molar-refractivity contribution in [2.24, 2.45) is 0 Å². The van der Waals surface area contributed by atoms with E-state index >= 15 is 0 Å². The first-order chi connectivity index (χ1) is 26.8. The fourth-order valence-electron chi connectivity index (χ4n) is 9.04. The molecule has 54 heavy (non-hydrogen) atoms. The molecule has 3 aromatic heterocycles. The summed E-state index contributed by atoms with van der Waals surface area (Å²) in [7, 11) is 0. The number of para-hydroxylation sites is 3. The van der Waals surface area contributed by atoms with Gasteiger partial charge in [0.15, 0.2) is 0 Å². The molecule has 12 rings (SSSR count). The summed E-state index contributed by atoms with van der Waals surface area (Å²) in [6, 6.07) is 68.4. The lowest BCUT2D eigenvalue weighted by molar-refractivity contribution is 1.18. The summed E-state index contributed by atoms with van der Waals surface area (Å²) in [5, 5.41) is 6.25. The van der Waals surface area contributed by atoms with Crippen LogP contribution in [0.15, 0.2) is 188 Å². The first-order valence-electron chi connectivity index (χ1n) is 18.6. The Morgan fingerprint density at radius 1 is 0.315 bits per heavy atom. The van der Waals surface area contributed by atoms with E-state index in [0.29, 0.717) is 0 Å². The fourth-order valence-corrected chi connectivity index (χ4v) is 9.04. The van der Waals surface area contributed by atoms with E-state index in [4.69, 9.17) is 4.98 Å². The van der Waals surface area contributed by atoms with Gasteiger partial charge in [-0.25, -0.2) is 4.98 Å². The largest absolute Gasteiger partial charge is 0.309 e. The first-order valence-corrected chi connectivity index (χ1v) is 18.6. The van der Waals surface area contributed by atoms with Gasteiger partial charge in [-0.05, 0) is 100 Å². The van der Waals surface area contributed by atoms with Crippen LogP contribution < -0.4 is 0 Å². The molecule has 0 aliphatic heterocycles. The number of hydrogen-bond acceptors (Lipinski definition) is 1. The van der Waals surface area contributed by atoms with E-state index in [2.05, 4.69) is 197 Å². The van der Waals surface area contributed by atoms with Crippen molar-refractivity contribution < 1.29 is 0 Å². The number of benzene rings is 8. The molecule has 0 saturated heterocycles. The summed E-state index contributed by atoms with van der Waals surface area (Å²) < 4.78 is 4.78. The summed E-state index contributed by atoms with van der Waals surface area (Å²) in [5.41, 5.74) is 17.8. The molecular weight excluding hydrogens is 655 g/mol.